The van der Waals surface area contributed by atoms with Crippen molar-refractivity contribution in [2.75, 3.05) is 26.2 Å². The summed E-state index contributed by atoms with van der Waals surface area (Å²) < 4.78 is 0. The highest BCUT2D eigenvalue weighted by Gasteiger charge is 2.41. The second-order valence-electron chi connectivity index (χ2n) is 5.68. The molecule has 1 saturated heterocycles. The van der Waals surface area contributed by atoms with Crippen molar-refractivity contribution in [3.63, 3.8) is 0 Å². The Balaban J connectivity index is 1.63. The zero-order chi connectivity index (χ0) is 16.8. The molecule has 0 bridgehead atoms. The fourth-order valence-electron chi connectivity index (χ4n) is 2.74. The molecule has 0 radical (unpaired) electrons. The molecule has 3 rings (SSSR count). The van der Waals surface area contributed by atoms with Crippen molar-refractivity contribution >= 4 is 28.6 Å². The lowest BCUT2D eigenvalue weighted by Gasteiger charge is -2.24. The number of hydrogen-bond acceptors (Lipinski definition) is 5. The summed E-state index contributed by atoms with van der Waals surface area (Å²) in [7, 11) is 0. The van der Waals surface area contributed by atoms with Crippen molar-refractivity contribution in [2.24, 2.45) is 0 Å². The molecule has 1 fully saturated rings. The maximum atomic E-state index is 12.7. The summed E-state index contributed by atoms with van der Waals surface area (Å²) in [6, 6.07) is 7.23. The first-order chi connectivity index (χ1) is 11.7. The Hall–Kier alpha value is -1.65. The molecule has 2 aromatic heterocycles. The van der Waals surface area contributed by atoms with Gasteiger partial charge in [0, 0.05) is 0 Å². The van der Waals surface area contributed by atoms with E-state index in [2.05, 4.69) is 22.1 Å². The van der Waals surface area contributed by atoms with E-state index in [4.69, 9.17) is 0 Å². The highest BCUT2D eigenvalue weighted by molar-refractivity contribution is 7.12. The van der Waals surface area contributed by atoms with E-state index in [9.17, 15) is 9.90 Å². The van der Waals surface area contributed by atoms with Gasteiger partial charge in [-0.05, 0) is 48.8 Å². The van der Waals surface area contributed by atoms with E-state index in [0.717, 1.165) is 19.6 Å². The molecule has 0 aliphatic carbocycles. The third kappa shape index (κ3) is 3.70. The van der Waals surface area contributed by atoms with E-state index in [-0.39, 0.29) is 6.54 Å². The van der Waals surface area contributed by atoms with Crippen molar-refractivity contribution in [3.8, 4) is 11.8 Å². The summed E-state index contributed by atoms with van der Waals surface area (Å²) in [5, 5.41) is 17.6. The number of aliphatic hydroxyl groups is 1. The molecule has 1 aliphatic rings. The van der Waals surface area contributed by atoms with Crippen LogP contribution in [0.15, 0.2) is 35.0 Å². The van der Waals surface area contributed by atoms with Gasteiger partial charge in [0.05, 0.1) is 22.8 Å². The van der Waals surface area contributed by atoms with Crippen LogP contribution < -0.4 is 5.32 Å². The number of nitrogens with one attached hydrogen (secondary N) is 1. The minimum Gasteiger partial charge on any atom is -0.371 e. The second kappa shape index (κ2) is 7.95. The smallest absolute Gasteiger partial charge is 0.263 e. The van der Waals surface area contributed by atoms with Crippen LogP contribution in [0, 0.1) is 11.8 Å². The first-order valence-corrected chi connectivity index (χ1v) is 9.74. The SMILES string of the molecule is O=C(NCC#CCN1CCCC1)C(O)(c1cccs1)c1cccs1. The highest BCUT2D eigenvalue weighted by Crippen LogP contribution is 2.35. The third-order valence-corrected chi connectivity index (χ3v) is 6.01. The van der Waals surface area contributed by atoms with E-state index in [1.54, 1.807) is 12.1 Å². The molecule has 1 amide bonds. The number of nitrogens with zero attached hydrogens (tertiary/aromatic N) is 1. The van der Waals surface area contributed by atoms with Crippen molar-refractivity contribution in [3.05, 3.63) is 44.8 Å². The van der Waals surface area contributed by atoms with Gasteiger partial charge in [-0.25, -0.2) is 0 Å². The minimum atomic E-state index is -1.64. The van der Waals surface area contributed by atoms with Gasteiger partial charge in [-0.1, -0.05) is 24.0 Å². The molecule has 24 heavy (non-hydrogen) atoms. The van der Waals surface area contributed by atoms with Gasteiger partial charge in [0.25, 0.3) is 5.91 Å². The van der Waals surface area contributed by atoms with Crippen LogP contribution in [0.1, 0.15) is 22.6 Å². The molecule has 2 aromatic rings. The predicted molar refractivity (Wildman–Crippen MR) is 98.1 cm³/mol. The van der Waals surface area contributed by atoms with Gasteiger partial charge >= 0.3 is 0 Å². The predicted octanol–water partition coefficient (Wildman–Crippen LogP) is 2.26. The van der Waals surface area contributed by atoms with Crippen LogP contribution in [0.2, 0.25) is 0 Å². The summed E-state index contributed by atoms with van der Waals surface area (Å²) in [5.74, 6) is 5.64. The minimum absolute atomic E-state index is 0.242. The van der Waals surface area contributed by atoms with Gasteiger partial charge in [0.1, 0.15) is 0 Å². The lowest BCUT2D eigenvalue weighted by molar-refractivity contribution is -0.135. The third-order valence-electron chi connectivity index (χ3n) is 4.05. The largest absolute Gasteiger partial charge is 0.371 e. The number of likely N-dealkylation sites (tertiary alicyclic amines) is 1. The molecule has 0 aromatic carbocycles. The Morgan fingerprint density at radius 3 is 2.33 bits per heavy atom. The van der Waals surface area contributed by atoms with E-state index in [0.29, 0.717) is 9.75 Å². The molecule has 0 atom stereocenters. The lowest BCUT2D eigenvalue weighted by Crippen LogP contribution is -2.44. The zero-order valence-electron chi connectivity index (χ0n) is 13.3. The molecule has 2 N–H and O–H groups in total. The number of carbonyl (C=O) groups excluding carboxylic acids is 1. The molecular formula is C18H20N2O2S2. The van der Waals surface area contributed by atoms with Crippen LogP contribution in [-0.2, 0) is 10.4 Å². The Morgan fingerprint density at radius 2 is 1.79 bits per heavy atom. The Bertz CT molecular complexity index is 674. The Labute approximate surface area is 150 Å². The monoisotopic (exact) mass is 360 g/mol. The van der Waals surface area contributed by atoms with Crippen LogP contribution in [0.5, 0.6) is 0 Å². The van der Waals surface area contributed by atoms with Crippen molar-refractivity contribution in [1.29, 1.82) is 0 Å². The first kappa shape index (κ1) is 17.2. The second-order valence-corrected chi connectivity index (χ2v) is 7.58. The van der Waals surface area contributed by atoms with Crippen LogP contribution in [-0.4, -0.2) is 42.1 Å². The number of thiophene rings is 2. The maximum absolute atomic E-state index is 12.7. The zero-order valence-corrected chi connectivity index (χ0v) is 15.0. The normalized spacial score (nSPS) is 15.0. The quantitative estimate of drug-likeness (QED) is 0.804. The number of amides is 1. The molecular weight excluding hydrogens is 340 g/mol. The summed E-state index contributed by atoms with van der Waals surface area (Å²) in [4.78, 5) is 16.2. The maximum Gasteiger partial charge on any atom is 0.263 e. The number of rotatable bonds is 5. The average Bonchev–Trinajstić information content (AvgIpc) is 3.36. The molecule has 0 unspecified atom stereocenters. The first-order valence-electron chi connectivity index (χ1n) is 7.98. The molecule has 6 heteroatoms. The standard InChI is InChI=1S/C18H20N2O2S2/c21-17(19-9-1-2-10-20-11-3-4-12-20)18(22,15-7-5-13-23-15)16-8-6-14-24-16/h5-8,13-14,22H,3-4,9-12H2,(H,19,21). The van der Waals surface area contributed by atoms with Crippen molar-refractivity contribution < 1.29 is 9.90 Å². The van der Waals surface area contributed by atoms with Crippen molar-refractivity contribution in [2.45, 2.75) is 18.4 Å². The summed E-state index contributed by atoms with van der Waals surface area (Å²) in [6.07, 6.45) is 2.49. The van der Waals surface area contributed by atoms with Crippen LogP contribution in [0.25, 0.3) is 0 Å². The van der Waals surface area contributed by atoms with Gasteiger partial charge in [-0.15, -0.1) is 22.7 Å². The van der Waals surface area contributed by atoms with Gasteiger partial charge < -0.3 is 10.4 Å². The Kier molecular flexibility index (Phi) is 5.69. The van der Waals surface area contributed by atoms with Crippen LogP contribution >= 0.6 is 22.7 Å². The Morgan fingerprint density at radius 1 is 1.17 bits per heavy atom. The molecule has 0 saturated carbocycles. The fraction of sp³-hybridized carbons (Fsp3) is 0.389. The van der Waals surface area contributed by atoms with Crippen LogP contribution in [0.4, 0.5) is 0 Å². The molecule has 126 valence electrons. The topological polar surface area (TPSA) is 52.6 Å². The van der Waals surface area contributed by atoms with Gasteiger partial charge in [-0.3, -0.25) is 9.69 Å². The summed E-state index contributed by atoms with van der Waals surface area (Å²) in [5.41, 5.74) is -1.64. The average molecular weight is 361 g/mol. The van der Waals surface area contributed by atoms with E-state index >= 15 is 0 Å². The van der Waals surface area contributed by atoms with E-state index in [1.807, 2.05) is 22.9 Å². The number of carbonyl (C=O) groups is 1. The number of hydrogen-bond donors (Lipinski definition) is 2. The van der Waals surface area contributed by atoms with E-state index in [1.165, 1.54) is 35.5 Å². The van der Waals surface area contributed by atoms with Gasteiger partial charge in [0.2, 0.25) is 5.60 Å². The molecule has 3 heterocycles. The van der Waals surface area contributed by atoms with Gasteiger partial charge in [0.15, 0.2) is 0 Å². The lowest BCUT2D eigenvalue weighted by atomic mass is 9.98. The molecule has 4 nitrogen and oxygen atoms in total. The summed E-state index contributed by atoms with van der Waals surface area (Å²) in [6.45, 7) is 3.21. The van der Waals surface area contributed by atoms with Crippen LogP contribution in [0.3, 0.4) is 0 Å². The fourth-order valence-corrected chi connectivity index (χ4v) is 4.47. The van der Waals surface area contributed by atoms with Gasteiger partial charge in [-0.2, -0.15) is 0 Å². The summed E-state index contributed by atoms with van der Waals surface area (Å²) >= 11 is 2.74. The molecule has 0 spiro atoms. The molecule has 1 aliphatic heterocycles. The van der Waals surface area contributed by atoms with E-state index < -0.39 is 11.5 Å². The van der Waals surface area contributed by atoms with Crippen molar-refractivity contribution in [1.82, 2.24) is 10.2 Å². The highest BCUT2D eigenvalue weighted by atomic mass is 32.1.